The van der Waals surface area contributed by atoms with E-state index < -0.39 is 108 Å². The van der Waals surface area contributed by atoms with E-state index in [1.165, 1.54) is 16.7 Å². The Morgan fingerprint density at radius 2 is 1.60 bits per heavy atom. The Labute approximate surface area is 387 Å². The van der Waals surface area contributed by atoms with Crippen LogP contribution < -0.4 is 10.2 Å². The SMILES string of the molecule is CC[C@H]1OC(=O)[C@H](C)[C@@H](O[C@H]2C[C@@](C)(OC)[C@](O)(CN3CCC3)[C@H](C)O2)[C@H](C)[C@@H](O[C@@H]2O[C@H](C)C[C@H](N(C)C(=O)N(C)c3ccccc3)[C@H]2O)[C@](C)(O)C[C@@H](C)CN[C@H](C)[C@@H](O)[C@]1(C)O. The van der Waals surface area contributed by atoms with Crippen LogP contribution in [-0.4, -0.2) is 185 Å². The van der Waals surface area contributed by atoms with Gasteiger partial charge in [0.05, 0.1) is 42.0 Å². The number of carbonyl (C=O) groups is 2. The van der Waals surface area contributed by atoms with Gasteiger partial charge in [0.1, 0.15) is 35.1 Å². The van der Waals surface area contributed by atoms with Gasteiger partial charge in [-0.2, -0.15) is 0 Å². The van der Waals surface area contributed by atoms with Crippen LogP contribution in [-0.2, 0) is 33.2 Å². The first-order chi connectivity index (χ1) is 30.3. The monoisotopic (exact) mass is 923 g/mol. The first-order valence-electron chi connectivity index (χ1n) is 23.7. The Balaban J connectivity index is 1.54. The van der Waals surface area contributed by atoms with E-state index in [0.717, 1.165) is 19.5 Å². The van der Waals surface area contributed by atoms with Crippen molar-refractivity contribution < 1.29 is 63.5 Å². The quantitative estimate of drug-likeness (QED) is 0.186. The number of likely N-dealkylation sites (tertiary alicyclic amines) is 1. The Morgan fingerprint density at radius 1 is 0.954 bits per heavy atom. The molecule has 18 atom stereocenters. The van der Waals surface area contributed by atoms with Crippen molar-refractivity contribution in [1.82, 2.24) is 15.1 Å². The van der Waals surface area contributed by atoms with Crippen molar-refractivity contribution in [2.75, 3.05) is 52.3 Å². The van der Waals surface area contributed by atoms with Crippen molar-refractivity contribution in [2.45, 2.75) is 191 Å². The third-order valence-corrected chi connectivity index (χ3v) is 15.2. The summed E-state index contributed by atoms with van der Waals surface area (Å²) in [6.45, 7) is 19.7. The summed E-state index contributed by atoms with van der Waals surface area (Å²) in [7, 11) is 4.84. The number of aliphatic hydroxyl groups excluding tert-OH is 2. The molecule has 0 bridgehead atoms. The number of rotatable bonds is 10. The number of methoxy groups -OCH3 is 1. The van der Waals surface area contributed by atoms with E-state index in [1.54, 1.807) is 62.7 Å². The van der Waals surface area contributed by atoms with Gasteiger partial charge < -0.3 is 69.1 Å². The molecule has 1 aromatic rings. The number of hydrogen-bond donors (Lipinski definition) is 6. The van der Waals surface area contributed by atoms with E-state index in [9.17, 15) is 35.1 Å². The molecule has 0 aliphatic carbocycles. The van der Waals surface area contributed by atoms with E-state index in [-0.39, 0.29) is 31.2 Å². The van der Waals surface area contributed by atoms with E-state index in [4.69, 9.17) is 28.4 Å². The van der Waals surface area contributed by atoms with Crippen molar-refractivity contribution in [3.8, 4) is 0 Å². The van der Waals surface area contributed by atoms with Crippen LogP contribution in [0.4, 0.5) is 10.5 Å². The number of anilines is 1. The summed E-state index contributed by atoms with van der Waals surface area (Å²) in [5, 5.41) is 63.7. The van der Waals surface area contributed by atoms with Crippen molar-refractivity contribution in [2.24, 2.45) is 17.8 Å². The van der Waals surface area contributed by atoms with Crippen LogP contribution in [0.15, 0.2) is 30.3 Å². The van der Waals surface area contributed by atoms with Gasteiger partial charge >= 0.3 is 12.0 Å². The minimum Gasteiger partial charge on any atom is -0.459 e. The fourth-order valence-corrected chi connectivity index (χ4v) is 10.6. The van der Waals surface area contributed by atoms with Crippen LogP contribution in [0.2, 0.25) is 0 Å². The van der Waals surface area contributed by atoms with Gasteiger partial charge in [-0.25, -0.2) is 4.79 Å². The lowest BCUT2D eigenvalue weighted by atomic mass is 9.74. The van der Waals surface area contributed by atoms with Gasteiger partial charge in [-0.3, -0.25) is 9.69 Å². The van der Waals surface area contributed by atoms with Crippen molar-refractivity contribution in [3.05, 3.63) is 30.3 Å². The number of nitrogens with zero attached hydrogens (tertiary/aromatic N) is 3. The number of β-amino-alcohol motifs (C(OH)–C–C–N with tert-alkyl or cyclic N) is 1. The molecule has 17 heteroatoms. The molecule has 372 valence electrons. The number of likely N-dealkylation sites (N-methyl/N-ethyl adjacent to an activating group) is 1. The number of cyclic esters (lactones) is 1. The zero-order valence-electron chi connectivity index (χ0n) is 41.2. The molecular weight excluding hydrogens is 841 g/mol. The summed E-state index contributed by atoms with van der Waals surface area (Å²) in [5.74, 6) is -2.93. The molecule has 0 spiro atoms. The molecule has 0 saturated carbocycles. The molecule has 1 aromatic carbocycles. The van der Waals surface area contributed by atoms with E-state index in [2.05, 4.69) is 10.2 Å². The maximum absolute atomic E-state index is 14.5. The Bertz CT molecular complexity index is 1710. The van der Waals surface area contributed by atoms with Crippen LogP contribution in [0, 0.1) is 17.8 Å². The highest BCUT2D eigenvalue weighted by atomic mass is 16.7. The molecule has 4 heterocycles. The second kappa shape index (κ2) is 21.4. The molecule has 4 aliphatic heterocycles. The largest absolute Gasteiger partial charge is 0.459 e. The Morgan fingerprint density at radius 3 is 2.18 bits per heavy atom. The summed E-state index contributed by atoms with van der Waals surface area (Å²) in [6.07, 6.45) is -8.04. The molecule has 4 fully saturated rings. The van der Waals surface area contributed by atoms with Crippen molar-refractivity contribution >= 4 is 17.7 Å². The first-order valence-corrected chi connectivity index (χ1v) is 23.7. The van der Waals surface area contributed by atoms with Crippen molar-refractivity contribution in [1.29, 1.82) is 0 Å². The third kappa shape index (κ3) is 11.5. The minimum atomic E-state index is -1.85. The molecule has 5 rings (SSSR count). The van der Waals surface area contributed by atoms with E-state index in [0.29, 0.717) is 25.2 Å². The number of urea groups is 1. The predicted molar refractivity (Wildman–Crippen MR) is 244 cm³/mol. The maximum atomic E-state index is 14.5. The number of nitrogens with one attached hydrogen (secondary N) is 1. The summed E-state index contributed by atoms with van der Waals surface area (Å²) >= 11 is 0. The zero-order chi connectivity index (χ0) is 48.4. The lowest BCUT2D eigenvalue weighted by molar-refractivity contribution is -0.340. The molecule has 4 aliphatic rings. The van der Waals surface area contributed by atoms with E-state index in [1.807, 2.05) is 51.1 Å². The van der Waals surface area contributed by atoms with E-state index >= 15 is 0 Å². The lowest BCUT2D eigenvalue weighted by Gasteiger charge is -2.55. The predicted octanol–water partition coefficient (Wildman–Crippen LogP) is 3.26. The lowest BCUT2D eigenvalue weighted by Crippen LogP contribution is -2.71. The molecule has 0 radical (unpaired) electrons. The Hall–Kier alpha value is -2.52. The number of hydrogen-bond acceptors (Lipinski definition) is 15. The average molecular weight is 923 g/mol. The Kier molecular flexibility index (Phi) is 17.6. The summed E-state index contributed by atoms with van der Waals surface area (Å²) < 4.78 is 38.8. The number of amides is 2. The number of carbonyl (C=O) groups excluding carboxylic acids is 2. The van der Waals surface area contributed by atoms with Gasteiger partial charge in [0.2, 0.25) is 0 Å². The molecule has 4 saturated heterocycles. The summed E-state index contributed by atoms with van der Waals surface area (Å²) in [4.78, 5) is 33.5. The molecule has 0 aromatic heterocycles. The fraction of sp³-hybridized carbons (Fsp3) is 0.833. The molecular formula is C48H82N4O13. The standard InChI is InChI=1S/C48H82N4O13/c1-14-36-47(10,58)40(54)32(6)49-26-28(2)24-45(8,57)41(65-43-38(53)35(23-29(3)61-43)51(12)44(56)50(11)34-19-16-15-17-20-34)30(4)39(31(5)42(55)63-36)64-37-25-46(9,60-13)48(59,33(7)62-37)27-52-21-18-22-52/h15-17,19-20,28-33,35-41,43,49,53-54,57-59H,14,18,21-27H2,1-13H3/t28-,29-,30+,31-,32-,33+,35+,36-,37+,38-,39+,40-,41-,43+,45-,46-,47-,48+/m1/s1. The smallest absolute Gasteiger partial charge is 0.324 e. The second-order valence-electron chi connectivity index (χ2n) is 20.5. The average Bonchev–Trinajstić information content (AvgIpc) is 3.25. The van der Waals surface area contributed by atoms with Gasteiger partial charge in [-0.05, 0) is 112 Å². The van der Waals surface area contributed by atoms with Crippen LogP contribution in [0.25, 0.3) is 0 Å². The molecule has 65 heavy (non-hydrogen) atoms. The summed E-state index contributed by atoms with van der Waals surface area (Å²) in [5.41, 5.74) is -5.42. The molecule has 6 N–H and O–H groups in total. The van der Waals surface area contributed by atoms with Crippen LogP contribution in [0.3, 0.4) is 0 Å². The number of para-hydroxylation sites is 1. The maximum Gasteiger partial charge on any atom is 0.324 e. The number of ether oxygens (including phenoxy) is 6. The van der Waals surface area contributed by atoms with Gasteiger partial charge in [0.25, 0.3) is 0 Å². The summed E-state index contributed by atoms with van der Waals surface area (Å²) in [6, 6.07) is 7.44. The zero-order valence-corrected chi connectivity index (χ0v) is 41.2. The van der Waals surface area contributed by atoms with Gasteiger partial charge in [0.15, 0.2) is 12.6 Å². The van der Waals surface area contributed by atoms with Crippen LogP contribution in [0.1, 0.15) is 101 Å². The van der Waals surface area contributed by atoms with Gasteiger partial charge in [-0.1, -0.05) is 39.0 Å². The van der Waals surface area contributed by atoms with Crippen molar-refractivity contribution in [3.63, 3.8) is 0 Å². The molecule has 17 nitrogen and oxygen atoms in total. The number of benzene rings is 1. The van der Waals surface area contributed by atoms with Crippen LogP contribution >= 0.6 is 0 Å². The van der Waals surface area contributed by atoms with Crippen LogP contribution in [0.5, 0.6) is 0 Å². The van der Waals surface area contributed by atoms with Gasteiger partial charge in [0, 0.05) is 51.8 Å². The number of aliphatic hydroxyl groups is 5. The topological polar surface area (TPSA) is 212 Å². The highest BCUT2D eigenvalue weighted by Gasteiger charge is 2.59. The number of esters is 1. The highest BCUT2D eigenvalue weighted by molar-refractivity contribution is 5.91. The highest BCUT2D eigenvalue weighted by Crippen LogP contribution is 2.44. The molecule has 2 amide bonds. The third-order valence-electron chi connectivity index (χ3n) is 15.2. The van der Waals surface area contributed by atoms with Gasteiger partial charge in [-0.15, -0.1) is 0 Å². The minimum absolute atomic E-state index is 0.0750. The first kappa shape index (κ1) is 53.4. The molecule has 0 unspecified atom stereocenters. The second-order valence-corrected chi connectivity index (χ2v) is 20.5. The normalized spacial score (nSPS) is 43.9. The fourth-order valence-electron chi connectivity index (χ4n) is 10.6.